The smallest absolute Gasteiger partial charge is 0.0541 e. The first-order valence-electron chi connectivity index (χ1n) is 28.4. The van der Waals surface area contributed by atoms with Crippen LogP contribution in [0.15, 0.2) is 297 Å². The fourth-order valence-corrected chi connectivity index (χ4v) is 15.4. The summed E-state index contributed by atoms with van der Waals surface area (Å²) in [6.45, 7) is 6.19. The van der Waals surface area contributed by atoms with Crippen LogP contribution in [0.25, 0.3) is 145 Å². The molecule has 83 heavy (non-hydrogen) atoms. The van der Waals surface area contributed by atoms with E-state index in [1.54, 1.807) is 0 Å². The van der Waals surface area contributed by atoms with E-state index in [0.29, 0.717) is 0 Å². The van der Waals surface area contributed by atoms with Crippen LogP contribution >= 0.6 is 22.7 Å². The Kier molecular flexibility index (Phi) is 11.7. The van der Waals surface area contributed by atoms with Gasteiger partial charge < -0.3 is 9.47 Å². The van der Waals surface area contributed by atoms with Gasteiger partial charge in [-0.25, -0.2) is 0 Å². The SMILES string of the molecule is C=C/C=C(\C=C/C)N(c1ccc(-c2ccc3c(c2)c2cc(-c4ccc(-c5cccc6c5sc5ccccc56)cc4)ccc2n3-c2ccc3c4ccccc4c4ccccc4c3c2)cc1)c1ccc(-c2cccc3sc4ccccc4c23)cc1. The molecule has 3 heterocycles. The number of thiophene rings is 2. The number of nitrogens with zero attached hydrogens (tertiary/aromatic N) is 2. The fraction of sp³-hybridized carbons (Fsp3) is 0.0127. The number of benzene rings is 13. The van der Waals surface area contributed by atoms with E-state index in [0.717, 1.165) is 39.4 Å². The molecular weight excluding hydrogens is 1040 g/mol. The summed E-state index contributed by atoms with van der Waals surface area (Å²) in [5.41, 5.74) is 16.2. The lowest BCUT2D eigenvalue weighted by Gasteiger charge is -2.27. The van der Waals surface area contributed by atoms with Gasteiger partial charge in [-0.05, 0) is 175 Å². The number of fused-ring (bicyclic) bond motifs is 15. The van der Waals surface area contributed by atoms with Gasteiger partial charge >= 0.3 is 0 Å². The predicted molar refractivity (Wildman–Crippen MR) is 362 cm³/mol. The van der Waals surface area contributed by atoms with Gasteiger partial charge in [-0.1, -0.05) is 201 Å². The van der Waals surface area contributed by atoms with Crippen LogP contribution in [0.2, 0.25) is 0 Å². The maximum Gasteiger partial charge on any atom is 0.0541 e. The van der Waals surface area contributed by atoms with E-state index in [2.05, 4.69) is 302 Å². The Labute approximate surface area is 489 Å². The predicted octanol–water partition coefficient (Wildman–Crippen LogP) is 23.4. The number of aromatic nitrogens is 1. The molecule has 0 saturated heterocycles. The highest BCUT2D eigenvalue weighted by atomic mass is 32.1. The summed E-state index contributed by atoms with van der Waals surface area (Å²) in [4.78, 5) is 2.32. The molecule has 0 spiro atoms. The van der Waals surface area contributed by atoms with E-state index in [1.165, 1.54) is 122 Å². The minimum absolute atomic E-state index is 1.03. The van der Waals surface area contributed by atoms with Gasteiger partial charge in [0.05, 0.1) is 11.0 Å². The van der Waals surface area contributed by atoms with Crippen LogP contribution in [0, 0.1) is 0 Å². The lowest BCUT2D eigenvalue weighted by Crippen LogP contribution is -2.15. The summed E-state index contributed by atoms with van der Waals surface area (Å²) in [5.74, 6) is 0. The van der Waals surface area contributed by atoms with Gasteiger partial charge in [-0.2, -0.15) is 0 Å². The zero-order valence-corrected chi connectivity index (χ0v) is 47.2. The third kappa shape index (κ3) is 8.05. The number of hydrogen-bond acceptors (Lipinski definition) is 3. The van der Waals surface area contributed by atoms with Crippen LogP contribution in [0.4, 0.5) is 11.4 Å². The molecule has 16 rings (SSSR count). The van der Waals surface area contributed by atoms with Crippen molar-refractivity contribution in [2.45, 2.75) is 6.92 Å². The first kappa shape index (κ1) is 48.8. The molecule has 4 heteroatoms. The average Bonchev–Trinajstić information content (AvgIpc) is 4.38. The summed E-state index contributed by atoms with van der Waals surface area (Å²) in [5, 5.41) is 15.3. The molecule has 0 saturated carbocycles. The third-order valence-electron chi connectivity index (χ3n) is 16.9. The van der Waals surface area contributed by atoms with Crippen molar-refractivity contribution in [2.24, 2.45) is 0 Å². The highest BCUT2D eigenvalue weighted by molar-refractivity contribution is 7.26. The molecule has 3 aromatic heterocycles. The van der Waals surface area contributed by atoms with Crippen molar-refractivity contribution in [1.82, 2.24) is 4.57 Å². The summed E-state index contributed by atoms with van der Waals surface area (Å²) >= 11 is 3.74. The standard InChI is InChI=1S/C79H52N2S2/c1-3-15-56(16-4-2)80(58-41-35-52(36-42-58)60-23-14-28-77-78(60)69-22-10-12-27-76(69)82-77)57-39-33-51(34-40-57)55-38-46-74-72(48-55)71-47-54(50-29-31-53(32-30-50)61-24-13-25-68-67-21-9-11-26-75(67)83-79(61)68)37-45-73(71)81(74)59-43-44-66-64-19-6-5-17-62(64)63-18-7-8-20-65(63)70(66)49-59/h3-49H,1H2,2H3/b16-4-,56-15+. The van der Waals surface area contributed by atoms with Crippen molar-refractivity contribution in [3.05, 3.63) is 297 Å². The molecule has 0 atom stereocenters. The number of anilines is 2. The van der Waals surface area contributed by atoms with E-state index in [1.807, 2.05) is 28.7 Å². The second-order valence-corrected chi connectivity index (χ2v) is 23.6. The molecule has 2 nitrogen and oxygen atoms in total. The van der Waals surface area contributed by atoms with Crippen molar-refractivity contribution in [3.63, 3.8) is 0 Å². The molecule has 0 aliphatic heterocycles. The highest BCUT2D eigenvalue weighted by Gasteiger charge is 2.20. The Bertz CT molecular complexity index is 5300. The number of hydrogen-bond donors (Lipinski definition) is 0. The molecule has 0 amide bonds. The average molecular weight is 1090 g/mol. The maximum atomic E-state index is 4.13. The molecule has 0 unspecified atom stereocenters. The molecule has 0 fully saturated rings. The molecular formula is C79H52N2S2. The topological polar surface area (TPSA) is 8.17 Å². The van der Waals surface area contributed by atoms with E-state index < -0.39 is 0 Å². The molecule has 16 aromatic rings. The Morgan fingerprint density at radius 1 is 0.373 bits per heavy atom. The molecule has 0 N–H and O–H groups in total. The lowest BCUT2D eigenvalue weighted by atomic mass is 9.94. The summed E-state index contributed by atoms with van der Waals surface area (Å²) < 4.78 is 7.74. The van der Waals surface area contributed by atoms with Crippen molar-refractivity contribution < 1.29 is 0 Å². The van der Waals surface area contributed by atoms with Gasteiger partial charge in [0.1, 0.15) is 0 Å². The molecule has 0 bridgehead atoms. The van der Waals surface area contributed by atoms with Crippen LogP contribution in [-0.4, -0.2) is 4.57 Å². The lowest BCUT2D eigenvalue weighted by molar-refractivity contribution is 1.19. The van der Waals surface area contributed by atoms with Crippen LogP contribution in [0.3, 0.4) is 0 Å². The second kappa shape index (κ2) is 19.9. The van der Waals surface area contributed by atoms with Crippen molar-refractivity contribution in [2.75, 3.05) is 4.90 Å². The minimum Gasteiger partial charge on any atom is -0.311 e. The largest absolute Gasteiger partial charge is 0.311 e. The molecule has 0 aliphatic rings. The normalized spacial score (nSPS) is 12.2. The Hall–Kier alpha value is -10.1. The van der Waals surface area contributed by atoms with Gasteiger partial charge in [0.15, 0.2) is 0 Å². The van der Waals surface area contributed by atoms with Gasteiger partial charge in [0, 0.05) is 73.9 Å². The summed E-state index contributed by atoms with van der Waals surface area (Å²) in [6, 6.07) is 97.0. The molecule has 13 aromatic carbocycles. The molecule has 0 radical (unpaired) electrons. The fourth-order valence-electron chi connectivity index (χ4n) is 13.1. The van der Waals surface area contributed by atoms with Gasteiger partial charge in [-0.3, -0.25) is 0 Å². The minimum atomic E-state index is 1.03. The summed E-state index contributed by atoms with van der Waals surface area (Å²) in [7, 11) is 0. The first-order valence-corrected chi connectivity index (χ1v) is 30.0. The third-order valence-corrected chi connectivity index (χ3v) is 19.2. The molecule has 390 valence electrons. The highest BCUT2D eigenvalue weighted by Crippen LogP contribution is 2.45. The Morgan fingerprint density at radius 2 is 0.843 bits per heavy atom. The second-order valence-electron chi connectivity index (χ2n) is 21.5. The van der Waals surface area contributed by atoms with E-state index in [4.69, 9.17) is 0 Å². The van der Waals surface area contributed by atoms with Crippen LogP contribution < -0.4 is 4.90 Å². The van der Waals surface area contributed by atoms with E-state index >= 15 is 0 Å². The van der Waals surface area contributed by atoms with Gasteiger partial charge in [0.25, 0.3) is 0 Å². The number of rotatable bonds is 10. The zero-order chi connectivity index (χ0) is 55.1. The van der Waals surface area contributed by atoms with Crippen LogP contribution in [0.5, 0.6) is 0 Å². The van der Waals surface area contributed by atoms with Crippen LogP contribution in [0.1, 0.15) is 6.92 Å². The zero-order valence-electron chi connectivity index (χ0n) is 45.6. The van der Waals surface area contributed by atoms with Crippen molar-refractivity contribution in [3.8, 4) is 50.2 Å². The van der Waals surface area contributed by atoms with Crippen molar-refractivity contribution in [1.29, 1.82) is 0 Å². The Balaban J connectivity index is 0.809. The van der Waals surface area contributed by atoms with Gasteiger partial charge in [0.2, 0.25) is 0 Å². The van der Waals surface area contributed by atoms with E-state index in [9.17, 15) is 0 Å². The molecule has 0 aliphatic carbocycles. The number of allylic oxidation sites excluding steroid dienone is 4. The summed E-state index contributed by atoms with van der Waals surface area (Å²) in [6.07, 6.45) is 8.20. The van der Waals surface area contributed by atoms with Gasteiger partial charge in [-0.15, -0.1) is 22.7 Å². The van der Waals surface area contributed by atoms with Crippen molar-refractivity contribution >= 4 is 129 Å². The van der Waals surface area contributed by atoms with Crippen LogP contribution in [-0.2, 0) is 0 Å². The Morgan fingerprint density at radius 3 is 1.47 bits per heavy atom. The first-order chi connectivity index (χ1) is 41.1. The maximum absolute atomic E-state index is 4.13. The monoisotopic (exact) mass is 1090 g/mol. The quantitative estimate of drug-likeness (QED) is 0.0979. The van der Waals surface area contributed by atoms with E-state index in [-0.39, 0.29) is 0 Å².